The van der Waals surface area contributed by atoms with Crippen molar-refractivity contribution >= 4 is 12.0 Å². The normalized spacial score (nSPS) is 21.3. The van der Waals surface area contributed by atoms with Crippen molar-refractivity contribution in [1.29, 1.82) is 0 Å². The molecule has 2 aliphatic heterocycles. The summed E-state index contributed by atoms with van der Waals surface area (Å²) >= 11 is 0. The molecule has 158 valence electrons. The Labute approximate surface area is 169 Å². The van der Waals surface area contributed by atoms with Gasteiger partial charge >= 0.3 is 12.0 Å². The average Bonchev–Trinajstić information content (AvgIpc) is 3.23. The molecule has 29 heavy (non-hydrogen) atoms. The maximum atomic E-state index is 12.9. The van der Waals surface area contributed by atoms with E-state index in [1.54, 1.807) is 19.1 Å². The number of carbonyl (C=O) groups excluding carboxylic acids is 2. The number of benzene rings is 1. The summed E-state index contributed by atoms with van der Waals surface area (Å²) in [5.74, 6) is 0.727. The van der Waals surface area contributed by atoms with Crippen LogP contribution < -0.4 is 24.8 Å². The molecule has 0 unspecified atom stereocenters. The minimum Gasteiger partial charge on any atom is -0.493 e. The van der Waals surface area contributed by atoms with Crippen LogP contribution in [0.4, 0.5) is 4.79 Å². The van der Waals surface area contributed by atoms with E-state index < -0.39 is 18.0 Å². The quantitative estimate of drug-likeness (QED) is 0.668. The number of ether oxygens (including phenoxy) is 5. The third kappa shape index (κ3) is 4.40. The van der Waals surface area contributed by atoms with Gasteiger partial charge in [0.2, 0.25) is 5.75 Å². The van der Waals surface area contributed by atoms with E-state index in [2.05, 4.69) is 10.6 Å². The summed E-state index contributed by atoms with van der Waals surface area (Å²) < 4.78 is 27.1. The van der Waals surface area contributed by atoms with E-state index in [4.69, 9.17) is 23.7 Å². The van der Waals surface area contributed by atoms with Crippen LogP contribution in [-0.2, 0) is 14.3 Å². The zero-order chi connectivity index (χ0) is 21.0. The van der Waals surface area contributed by atoms with Crippen LogP contribution in [0.5, 0.6) is 17.2 Å². The van der Waals surface area contributed by atoms with Gasteiger partial charge in [0.25, 0.3) is 0 Å². The molecule has 0 saturated carbocycles. The molecular formula is C20H26N2O7. The van der Waals surface area contributed by atoms with Crippen LogP contribution in [0.15, 0.2) is 23.4 Å². The number of allylic oxidation sites excluding steroid dienone is 1. The Balaban J connectivity index is 1.93. The Morgan fingerprint density at radius 2 is 1.86 bits per heavy atom. The number of methoxy groups -OCH3 is 3. The van der Waals surface area contributed by atoms with E-state index >= 15 is 0 Å². The molecule has 2 aliphatic rings. The van der Waals surface area contributed by atoms with E-state index in [9.17, 15) is 9.59 Å². The monoisotopic (exact) mass is 406 g/mol. The Morgan fingerprint density at radius 3 is 2.41 bits per heavy atom. The van der Waals surface area contributed by atoms with Crippen LogP contribution in [-0.4, -0.2) is 52.6 Å². The number of amides is 2. The minimum absolute atomic E-state index is 0.0920. The van der Waals surface area contributed by atoms with Crippen molar-refractivity contribution in [3.05, 3.63) is 29.0 Å². The molecule has 0 spiro atoms. The van der Waals surface area contributed by atoms with Crippen molar-refractivity contribution < 1.29 is 33.3 Å². The van der Waals surface area contributed by atoms with Gasteiger partial charge in [-0.05, 0) is 37.5 Å². The summed E-state index contributed by atoms with van der Waals surface area (Å²) in [5.41, 5.74) is 1.32. The van der Waals surface area contributed by atoms with Gasteiger partial charge < -0.3 is 34.3 Å². The molecule has 9 nitrogen and oxygen atoms in total. The van der Waals surface area contributed by atoms with Crippen LogP contribution >= 0.6 is 0 Å². The molecule has 1 saturated heterocycles. The fourth-order valence-electron chi connectivity index (χ4n) is 3.50. The van der Waals surface area contributed by atoms with E-state index in [1.807, 2.05) is 0 Å². The predicted molar refractivity (Wildman–Crippen MR) is 103 cm³/mol. The van der Waals surface area contributed by atoms with E-state index in [0.717, 1.165) is 12.8 Å². The highest BCUT2D eigenvalue weighted by atomic mass is 16.6. The van der Waals surface area contributed by atoms with Gasteiger partial charge in [-0.25, -0.2) is 9.59 Å². The van der Waals surface area contributed by atoms with Gasteiger partial charge in [-0.2, -0.15) is 0 Å². The molecule has 2 N–H and O–H groups in total. The second-order valence-corrected chi connectivity index (χ2v) is 6.76. The van der Waals surface area contributed by atoms with Crippen molar-refractivity contribution in [2.45, 2.75) is 31.9 Å². The lowest BCUT2D eigenvalue weighted by Crippen LogP contribution is -2.45. The predicted octanol–water partition coefficient (Wildman–Crippen LogP) is 2.06. The maximum Gasteiger partial charge on any atom is 0.338 e. The second-order valence-electron chi connectivity index (χ2n) is 6.76. The highest BCUT2D eigenvalue weighted by Gasteiger charge is 2.34. The van der Waals surface area contributed by atoms with Gasteiger partial charge in [0, 0.05) is 12.3 Å². The van der Waals surface area contributed by atoms with Gasteiger partial charge in [-0.1, -0.05) is 0 Å². The molecule has 1 fully saturated rings. The molecule has 9 heteroatoms. The number of hydrogen-bond donors (Lipinski definition) is 2. The van der Waals surface area contributed by atoms with Gasteiger partial charge in [0.15, 0.2) is 11.5 Å². The molecule has 0 bridgehead atoms. The average molecular weight is 406 g/mol. The lowest BCUT2D eigenvalue weighted by molar-refractivity contribution is -0.142. The van der Waals surface area contributed by atoms with Crippen LogP contribution in [0.1, 0.15) is 31.4 Å². The first-order valence-corrected chi connectivity index (χ1v) is 9.35. The molecule has 2 atom stereocenters. The fourth-order valence-corrected chi connectivity index (χ4v) is 3.50. The van der Waals surface area contributed by atoms with Gasteiger partial charge in [0.05, 0.1) is 39.0 Å². The first-order valence-electron chi connectivity index (χ1n) is 9.35. The van der Waals surface area contributed by atoms with Crippen molar-refractivity contribution in [2.75, 3.05) is 34.5 Å². The van der Waals surface area contributed by atoms with Gasteiger partial charge in [0.1, 0.15) is 6.61 Å². The number of rotatable bonds is 7. The summed E-state index contributed by atoms with van der Waals surface area (Å²) in [6, 6.07) is 2.22. The molecule has 2 heterocycles. The third-order valence-electron chi connectivity index (χ3n) is 4.93. The summed E-state index contributed by atoms with van der Waals surface area (Å²) in [6.45, 7) is 2.51. The van der Waals surface area contributed by atoms with Crippen LogP contribution in [0, 0.1) is 0 Å². The van der Waals surface area contributed by atoms with E-state index in [1.165, 1.54) is 21.3 Å². The van der Waals surface area contributed by atoms with Crippen LogP contribution in [0.25, 0.3) is 0 Å². The highest BCUT2D eigenvalue weighted by Crippen LogP contribution is 2.41. The molecule has 3 rings (SSSR count). The summed E-state index contributed by atoms with van der Waals surface area (Å²) in [4.78, 5) is 25.0. The van der Waals surface area contributed by atoms with Crippen molar-refractivity contribution in [2.24, 2.45) is 0 Å². The maximum absolute atomic E-state index is 12.9. The molecule has 0 radical (unpaired) electrons. The van der Waals surface area contributed by atoms with Crippen LogP contribution in [0.3, 0.4) is 0 Å². The first kappa shape index (κ1) is 20.8. The fraction of sp³-hybridized carbons (Fsp3) is 0.500. The molecular weight excluding hydrogens is 380 g/mol. The molecule has 2 amide bonds. The summed E-state index contributed by atoms with van der Waals surface area (Å²) in [6.07, 6.45) is 1.72. The number of carbonyl (C=O) groups is 2. The minimum atomic E-state index is -0.741. The number of esters is 1. The standard InChI is InChI=1S/C20H26N2O7/c1-11-16(19(23)29-10-13-6-5-7-28-13)17(22-20(24)21-11)12-8-14(25-2)18(27-4)15(9-12)26-3/h8-9,13,17H,5-7,10H2,1-4H3,(H2,21,22,24)/t13-,17+/m0/s1. The molecule has 0 aromatic heterocycles. The Morgan fingerprint density at radius 1 is 1.17 bits per heavy atom. The SMILES string of the molecule is COc1cc([C@H]2NC(=O)NC(C)=C2C(=O)OC[C@@H]2CCCO2)cc(OC)c1OC. The zero-order valence-electron chi connectivity index (χ0n) is 17.0. The smallest absolute Gasteiger partial charge is 0.338 e. The van der Waals surface area contributed by atoms with Crippen molar-refractivity contribution in [3.63, 3.8) is 0 Å². The second kappa shape index (κ2) is 9.04. The Kier molecular flexibility index (Phi) is 6.48. The molecule has 1 aromatic carbocycles. The topological polar surface area (TPSA) is 104 Å². The number of nitrogens with one attached hydrogen (secondary N) is 2. The van der Waals surface area contributed by atoms with E-state index in [-0.39, 0.29) is 12.7 Å². The van der Waals surface area contributed by atoms with Crippen molar-refractivity contribution in [1.82, 2.24) is 10.6 Å². The van der Waals surface area contributed by atoms with Crippen molar-refractivity contribution in [3.8, 4) is 17.2 Å². The lowest BCUT2D eigenvalue weighted by Gasteiger charge is -2.29. The Bertz CT molecular complexity index is 790. The molecule has 0 aliphatic carbocycles. The summed E-state index contributed by atoms with van der Waals surface area (Å²) in [5, 5.41) is 5.40. The van der Waals surface area contributed by atoms with Gasteiger partial charge in [-0.15, -0.1) is 0 Å². The number of urea groups is 1. The zero-order valence-corrected chi connectivity index (χ0v) is 17.0. The summed E-state index contributed by atoms with van der Waals surface area (Å²) in [7, 11) is 4.50. The first-order chi connectivity index (χ1) is 14.0. The Hall–Kier alpha value is -2.94. The van der Waals surface area contributed by atoms with E-state index in [0.29, 0.717) is 40.7 Å². The van der Waals surface area contributed by atoms with Gasteiger partial charge in [-0.3, -0.25) is 0 Å². The molecule has 1 aromatic rings. The third-order valence-corrected chi connectivity index (χ3v) is 4.93. The lowest BCUT2D eigenvalue weighted by atomic mass is 9.95. The number of hydrogen-bond acceptors (Lipinski definition) is 7. The van der Waals surface area contributed by atoms with Crippen LogP contribution in [0.2, 0.25) is 0 Å². The highest BCUT2D eigenvalue weighted by molar-refractivity contribution is 5.95. The largest absolute Gasteiger partial charge is 0.493 e.